The topological polar surface area (TPSA) is 163 Å². The number of aromatic nitrogens is 2. The third-order valence-electron chi connectivity index (χ3n) is 7.41. The Morgan fingerprint density at radius 2 is 2.05 bits per heavy atom. The molecule has 44 heavy (non-hydrogen) atoms. The van der Waals surface area contributed by atoms with Crippen LogP contribution in [0.5, 0.6) is 11.6 Å². The van der Waals surface area contributed by atoms with Crippen LogP contribution in [-0.4, -0.2) is 97.0 Å². The van der Waals surface area contributed by atoms with Crippen molar-refractivity contribution in [3.8, 4) is 11.6 Å². The van der Waals surface area contributed by atoms with Gasteiger partial charge < -0.3 is 30.3 Å². The predicted molar refractivity (Wildman–Crippen MR) is 154 cm³/mol. The zero-order valence-electron chi connectivity index (χ0n) is 24.2. The molecule has 0 amide bonds. The molecular formula is C28H34F3N5O7S. The fourth-order valence-electron chi connectivity index (χ4n) is 5.11. The van der Waals surface area contributed by atoms with Crippen molar-refractivity contribution in [2.24, 2.45) is 5.92 Å². The summed E-state index contributed by atoms with van der Waals surface area (Å²) in [6.45, 7) is -0.570. The average Bonchev–Trinajstić information content (AvgIpc) is 3.33. The fraction of sp³-hybridized carbons (Fsp3) is 0.464. The lowest BCUT2D eigenvalue weighted by molar-refractivity contribution is -0.140. The standard InChI is InChI=1S/C28H34F3N5O7S/c1-36(44(3,40)41)25-19-7-5-4-6-16(19)10-24(25)43-26-20(28(29,30)31)13-33-27(35-26)34-21-9-8-17(11-23(21)42-2)22(39)14-32-12-18(38)15-37/h4-5,7-9,11,13,16,18,24-25,32,37-38H,6,10,12,14-15H2,1-3H3,(H,33,34,35). The summed E-state index contributed by atoms with van der Waals surface area (Å²) >= 11 is 0. The van der Waals surface area contributed by atoms with Gasteiger partial charge in [-0.25, -0.2) is 13.4 Å². The quantitative estimate of drug-likeness (QED) is 0.237. The summed E-state index contributed by atoms with van der Waals surface area (Å²) in [4.78, 5) is 20.4. The predicted octanol–water partition coefficient (Wildman–Crippen LogP) is 2.29. The van der Waals surface area contributed by atoms with Crippen LogP contribution >= 0.6 is 0 Å². The second kappa shape index (κ2) is 13.6. The number of methoxy groups -OCH3 is 1. The van der Waals surface area contributed by atoms with Crippen molar-refractivity contribution in [3.63, 3.8) is 0 Å². The number of rotatable bonds is 13. The van der Waals surface area contributed by atoms with Crippen molar-refractivity contribution in [1.29, 1.82) is 0 Å². The van der Waals surface area contributed by atoms with Crippen LogP contribution in [0.2, 0.25) is 0 Å². The maximum atomic E-state index is 14.0. The first-order valence-corrected chi connectivity index (χ1v) is 15.5. The summed E-state index contributed by atoms with van der Waals surface area (Å²) in [6, 6.07) is 3.52. The van der Waals surface area contributed by atoms with E-state index in [1.165, 1.54) is 32.4 Å². The van der Waals surface area contributed by atoms with E-state index in [9.17, 15) is 31.5 Å². The van der Waals surface area contributed by atoms with Gasteiger partial charge in [-0.05, 0) is 42.5 Å². The number of benzene rings is 1. The van der Waals surface area contributed by atoms with Crippen molar-refractivity contribution >= 4 is 27.4 Å². The van der Waals surface area contributed by atoms with Gasteiger partial charge in [0.2, 0.25) is 21.9 Å². The SMILES string of the molecule is COc1cc(C(=O)CNCC(O)CO)ccc1Nc1ncc(C(F)(F)F)c(OC2CC3CC=CC=C3C2N(C)S(C)(=O)=O)n1. The highest BCUT2D eigenvalue weighted by molar-refractivity contribution is 7.88. The third kappa shape index (κ3) is 7.74. The Morgan fingerprint density at radius 1 is 1.30 bits per heavy atom. The minimum absolute atomic E-state index is 0.00989. The average molecular weight is 642 g/mol. The molecule has 2 aliphatic rings. The number of carbonyl (C=O) groups excluding carboxylic acids is 1. The Balaban J connectivity index is 1.60. The molecule has 2 aliphatic carbocycles. The highest BCUT2D eigenvalue weighted by Gasteiger charge is 2.46. The molecule has 4 atom stereocenters. The minimum Gasteiger partial charge on any atom is -0.495 e. The third-order valence-corrected chi connectivity index (χ3v) is 8.68. The van der Waals surface area contributed by atoms with Gasteiger partial charge in [-0.1, -0.05) is 18.2 Å². The Morgan fingerprint density at radius 3 is 2.70 bits per heavy atom. The first kappa shape index (κ1) is 33.3. The van der Waals surface area contributed by atoms with E-state index in [4.69, 9.17) is 14.6 Å². The molecule has 1 saturated carbocycles. The summed E-state index contributed by atoms with van der Waals surface area (Å²) in [6.07, 6.45) is 1.12. The van der Waals surface area contributed by atoms with Crippen LogP contribution < -0.4 is 20.1 Å². The zero-order chi connectivity index (χ0) is 32.2. The van der Waals surface area contributed by atoms with E-state index in [1.54, 1.807) is 12.2 Å². The van der Waals surface area contributed by atoms with Crippen molar-refractivity contribution in [3.05, 3.63) is 59.3 Å². The lowest BCUT2D eigenvalue weighted by atomic mass is 9.93. The lowest BCUT2D eigenvalue weighted by Crippen LogP contribution is -2.44. The van der Waals surface area contributed by atoms with Gasteiger partial charge in [-0.2, -0.15) is 22.5 Å². The smallest absolute Gasteiger partial charge is 0.423 e. The number of fused-ring (bicyclic) bond motifs is 1. The minimum atomic E-state index is -4.86. The molecule has 1 aromatic carbocycles. The summed E-state index contributed by atoms with van der Waals surface area (Å²) < 4.78 is 79.3. The van der Waals surface area contributed by atoms with Gasteiger partial charge in [0.15, 0.2) is 5.78 Å². The Hall–Kier alpha value is -3.57. The van der Waals surface area contributed by atoms with E-state index in [0.29, 0.717) is 12.6 Å². The number of ether oxygens (including phenoxy) is 2. The summed E-state index contributed by atoms with van der Waals surface area (Å²) in [5.74, 6) is -1.28. The van der Waals surface area contributed by atoms with E-state index < -0.39 is 52.5 Å². The fourth-order valence-corrected chi connectivity index (χ4v) is 5.78. The number of alkyl halides is 3. The number of Topliss-reactive ketones (excluding diaryl/α,β-unsaturated/α-hetero) is 1. The van der Waals surface area contributed by atoms with Crippen LogP contribution in [0.15, 0.2) is 48.2 Å². The van der Waals surface area contributed by atoms with E-state index >= 15 is 0 Å². The Labute approximate surface area is 252 Å². The molecule has 2 aromatic rings. The molecular weight excluding hydrogens is 607 g/mol. The van der Waals surface area contributed by atoms with Gasteiger partial charge in [-0.3, -0.25) is 4.79 Å². The molecule has 16 heteroatoms. The van der Waals surface area contributed by atoms with Gasteiger partial charge in [0.05, 0.1) is 44.4 Å². The molecule has 0 radical (unpaired) electrons. The van der Waals surface area contributed by atoms with Crippen LogP contribution in [-0.2, 0) is 16.2 Å². The van der Waals surface area contributed by atoms with Crippen molar-refractivity contribution in [1.82, 2.24) is 19.6 Å². The number of hydrogen-bond acceptors (Lipinski definition) is 11. The first-order chi connectivity index (χ1) is 20.7. The molecule has 0 aliphatic heterocycles. The second-order valence-electron chi connectivity index (χ2n) is 10.5. The molecule has 0 saturated heterocycles. The largest absolute Gasteiger partial charge is 0.495 e. The molecule has 1 heterocycles. The number of hydrogen-bond donors (Lipinski definition) is 4. The first-order valence-electron chi connectivity index (χ1n) is 13.6. The van der Waals surface area contributed by atoms with Gasteiger partial charge >= 0.3 is 6.18 Å². The molecule has 12 nitrogen and oxygen atoms in total. The van der Waals surface area contributed by atoms with Gasteiger partial charge in [0, 0.05) is 25.4 Å². The van der Waals surface area contributed by atoms with Crippen molar-refractivity contribution in [2.75, 3.05) is 45.4 Å². The molecule has 4 N–H and O–H groups in total. The van der Waals surface area contributed by atoms with E-state index in [2.05, 4.69) is 20.6 Å². The molecule has 240 valence electrons. The number of carbonyl (C=O) groups is 1. The Kier molecular flexibility index (Phi) is 10.3. The van der Waals surface area contributed by atoms with E-state index in [1.807, 2.05) is 6.08 Å². The second-order valence-corrected chi connectivity index (χ2v) is 12.5. The zero-order valence-corrected chi connectivity index (χ0v) is 25.0. The van der Waals surface area contributed by atoms with E-state index in [-0.39, 0.29) is 54.2 Å². The van der Waals surface area contributed by atoms with Gasteiger partial charge in [0.1, 0.15) is 17.4 Å². The van der Waals surface area contributed by atoms with Gasteiger partial charge in [-0.15, -0.1) is 0 Å². The number of halogens is 3. The van der Waals surface area contributed by atoms with Crippen LogP contribution in [0.25, 0.3) is 0 Å². The number of aliphatic hydroxyl groups is 2. The highest BCUT2D eigenvalue weighted by atomic mass is 32.2. The van der Waals surface area contributed by atoms with Crippen LogP contribution in [0.1, 0.15) is 28.8 Å². The number of ketones is 1. The lowest BCUT2D eigenvalue weighted by Gasteiger charge is -2.30. The number of sulfonamides is 1. The van der Waals surface area contributed by atoms with Gasteiger partial charge in [0.25, 0.3) is 0 Å². The normalized spacial score (nSPS) is 20.7. The number of nitrogens with one attached hydrogen (secondary N) is 2. The maximum Gasteiger partial charge on any atom is 0.423 e. The molecule has 4 unspecified atom stereocenters. The maximum absolute atomic E-state index is 14.0. The monoisotopic (exact) mass is 641 g/mol. The molecule has 1 aromatic heterocycles. The number of likely N-dealkylation sites (N-methyl/N-ethyl adjacent to an activating group) is 1. The summed E-state index contributed by atoms with van der Waals surface area (Å²) in [7, 11) is -1.01. The summed E-state index contributed by atoms with van der Waals surface area (Å²) in [5.41, 5.74) is 0.0301. The number of nitrogens with zero attached hydrogens (tertiary/aromatic N) is 3. The molecule has 0 spiro atoms. The Bertz CT molecular complexity index is 1530. The highest BCUT2D eigenvalue weighted by Crippen LogP contribution is 2.43. The molecule has 1 fully saturated rings. The van der Waals surface area contributed by atoms with Crippen molar-refractivity contribution < 1.29 is 46.1 Å². The molecule has 4 rings (SSSR count). The van der Waals surface area contributed by atoms with Crippen LogP contribution in [0.4, 0.5) is 24.8 Å². The van der Waals surface area contributed by atoms with Crippen LogP contribution in [0.3, 0.4) is 0 Å². The van der Waals surface area contributed by atoms with Crippen LogP contribution in [0, 0.1) is 5.92 Å². The molecule has 0 bridgehead atoms. The number of aliphatic hydroxyl groups excluding tert-OH is 2. The van der Waals surface area contributed by atoms with E-state index in [0.717, 1.165) is 16.1 Å². The summed E-state index contributed by atoms with van der Waals surface area (Å²) in [5, 5.41) is 23.8. The number of anilines is 2. The van der Waals surface area contributed by atoms with Crippen molar-refractivity contribution in [2.45, 2.75) is 37.3 Å². The number of allylic oxidation sites excluding steroid dienone is 3.